The molecule has 0 radical (unpaired) electrons. The van der Waals surface area contributed by atoms with Crippen LogP contribution in [0.1, 0.15) is 19.5 Å². The molecular weight excluding hydrogens is 673 g/mol. The van der Waals surface area contributed by atoms with Gasteiger partial charge >= 0.3 is 0 Å². The third-order valence-electron chi connectivity index (χ3n) is 10.9. The smallest absolute Gasteiger partial charge is 0.114 e. The zero-order valence-corrected chi connectivity index (χ0v) is 29.9. The van der Waals surface area contributed by atoms with Crippen molar-refractivity contribution in [1.82, 2.24) is 9.55 Å². The van der Waals surface area contributed by atoms with E-state index in [2.05, 4.69) is 126 Å². The van der Waals surface area contributed by atoms with Crippen LogP contribution in [0.3, 0.4) is 0 Å². The van der Waals surface area contributed by atoms with E-state index < -0.39 is 13.2 Å². The van der Waals surface area contributed by atoms with Gasteiger partial charge in [0, 0.05) is 38.8 Å². The molecule has 2 heterocycles. The number of imidazole rings is 1. The molecule has 11 rings (SSSR count). The molecule has 2 aromatic heterocycles. The van der Waals surface area contributed by atoms with Gasteiger partial charge in [-0.2, -0.15) is 0 Å². The average molecular weight is 712 g/mol. The molecule has 0 aliphatic carbocycles. The predicted octanol–water partition coefficient (Wildman–Crippen LogP) is 14.4. The van der Waals surface area contributed by atoms with E-state index in [-0.39, 0.29) is 5.82 Å². The SMILES string of the molecule is [2H]C([2H])([2H])C([2H])([2H])c1nc2ccccc2n1-c1ccc(-c2c3ccccc3c(-c3ccc4sc5ccccc5c4c3)c3cc(-c4ccccc4)ccc23)c2ccccc12. The first-order valence-electron chi connectivity index (χ1n) is 20.6. The fourth-order valence-corrected chi connectivity index (χ4v) is 9.61. The lowest BCUT2D eigenvalue weighted by atomic mass is 9.83. The van der Waals surface area contributed by atoms with Gasteiger partial charge in [0.15, 0.2) is 0 Å². The molecule has 0 atom stereocenters. The summed E-state index contributed by atoms with van der Waals surface area (Å²) in [7, 11) is 0. The Morgan fingerprint density at radius 2 is 1.15 bits per heavy atom. The van der Waals surface area contributed by atoms with E-state index in [0.717, 1.165) is 60.1 Å². The number of rotatable bonds is 5. The van der Waals surface area contributed by atoms with Crippen LogP contribution in [0.15, 0.2) is 176 Å². The molecule has 2 nitrogen and oxygen atoms in total. The first kappa shape index (κ1) is 26.3. The molecule has 0 amide bonds. The lowest BCUT2D eigenvalue weighted by Crippen LogP contribution is -2.01. The molecule has 0 spiro atoms. The molecule has 0 bridgehead atoms. The molecule has 3 heteroatoms. The lowest BCUT2D eigenvalue weighted by Gasteiger charge is -2.21. The van der Waals surface area contributed by atoms with Crippen LogP contribution in [-0.4, -0.2) is 9.55 Å². The van der Waals surface area contributed by atoms with Crippen LogP contribution in [-0.2, 0) is 6.37 Å². The Labute approximate surface area is 324 Å². The quantitative estimate of drug-likeness (QED) is 0.163. The van der Waals surface area contributed by atoms with Gasteiger partial charge in [0.05, 0.1) is 16.7 Å². The zero-order chi connectivity index (χ0) is 40.0. The molecule has 0 saturated heterocycles. The minimum Gasteiger partial charge on any atom is -0.296 e. The molecule has 0 aliphatic rings. The highest BCUT2D eigenvalue weighted by molar-refractivity contribution is 7.25. The summed E-state index contributed by atoms with van der Waals surface area (Å²) in [4.78, 5) is 4.63. The minimum absolute atomic E-state index is 0.152. The fourth-order valence-electron chi connectivity index (χ4n) is 8.52. The topological polar surface area (TPSA) is 17.8 Å². The second kappa shape index (κ2) is 12.3. The number of nitrogens with zero attached hydrogens (tertiary/aromatic N) is 2. The summed E-state index contributed by atoms with van der Waals surface area (Å²) < 4.78 is 46.5. The summed E-state index contributed by atoms with van der Waals surface area (Å²) in [5.41, 5.74) is 8.55. The maximum atomic E-state index is 8.87. The largest absolute Gasteiger partial charge is 0.296 e. The molecule has 9 aromatic carbocycles. The van der Waals surface area contributed by atoms with Crippen molar-refractivity contribution >= 4 is 74.9 Å². The summed E-state index contributed by atoms with van der Waals surface area (Å²) in [6, 6.07) is 61.1. The number of fused-ring (bicyclic) bond motifs is 7. The van der Waals surface area contributed by atoms with E-state index >= 15 is 0 Å². The normalized spacial score (nSPS) is 13.7. The Bertz CT molecular complexity index is 3470. The predicted molar refractivity (Wildman–Crippen MR) is 232 cm³/mol. The summed E-state index contributed by atoms with van der Waals surface area (Å²) in [6.07, 6.45) is -2.72. The molecule has 0 saturated carbocycles. The van der Waals surface area contributed by atoms with E-state index in [9.17, 15) is 0 Å². The third kappa shape index (κ3) is 4.68. The van der Waals surface area contributed by atoms with Crippen LogP contribution in [0.25, 0.3) is 103 Å². The van der Waals surface area contributed by atoms with Crippen molar-refractivity contribution in [1.29, 1.82) is 0 Å². The third-order valence-corrected chi connectivity index (χ3v) is 12.0. The van der Waals surface area contributed by atoms with Gasteiger partial charge in [-0.05, 0) is 103 Å². The van der Waals surface area contributed by atoms with Gasteiger partial charge in [-0.25, -0.2) is 4.98 Å². The molecule has 0 unspecified atom stereocenters. The molecule has 11 aromatic rings. The highest BCUT2D eigenvalue weighted by atomic mass is 32.1. The first-order valence-corrected chi connectivity index (χ1v) is 18.9. The Morgan fingerprint density at radius 1 is 0.500 bits per heavy atom. The molecule has 54 heavy (non-hydrogen) atoms. The van der Waals surface area contributed by atoms with Crippen molar-refractivity contribution in [2.45, 2.75) is 13.2 Å². The highest BCUT2D eigenvalue weighted by Crippen LogP contribution is 2.48. The van der Waals surface area contributed by atoms with Crippen molar-refractivity contribution in [3.63, 3.8) is 0 Å². The van der Waals surface area contributed by atoms with Gasteiger partial charge in [-0.3, -0.25) is 4.57 Å². The Hall–Kier alpha value is -6.55. The maximum Gasteiger partial charge on any atom is 0.114 e. The van der Waals surface area contributed by atoms with Gasteiger partial charge in [0.1, 0.15) is 5.82 Å². The van der Waals surface area contributed by atoms with Crippen LogP contribution in [0, 0.1) is 0 Å². The average Bonchev–Trinajstić information content (AvgIpc) is 3.84. The van der Waals surface area contributed by atoms with E-state index in [1.54, 1.807) is 10.6 Å². The molecular formula is C51H34N2S. The molecule has 0 N–H and O–H groups in total. The van der Waals surface area contributed by atoms with Crippen molar-refractivity contribution in [3.8, 4) is 39.1 Å². The van der Waals surface area contributed by atoms with Gasteiger partial charge < -0.3 is 0 Å². The summed E-state index contributed by atoms with van der Waals surface area (Å²) in [5.74, 6) is -0.152. The fraction of sp³-hybridized carbons (Fsp3) is 0.0392. The van der Waals surface area contributed by atoms with Crippen molar-refractivity contribution in [3.05, 3.63) is 182 Å². The monoisotopic (exact) mass is 711 g/mol. The van der Waals surface area contributed by atoms with Crippen LogP contribution >= 0.6 is 11.3 Å². The number of aryl methyl sites for hydroxylation is 1. The zero-order valence-electron chi connectivity index (χ0n) is 34.0. The number of hydrogen-bond acceptors (Lipinski definition) is 2. The minimum atomic E-state index is -2.94. The van der Waals surface area contributed by atoms with Gasteiger partial charge in [-0.15, -0.1) is 11.3 Å². The number of thiophene rings is 1. The summed E-state index contributed by atoms with van der Waals surface area (Å²) in [6.45, 7) is -2.94. The van der Waals surface area contributed by atoms with Crippen LogP contribution in [0.5, 0.6) is 0 Å². The van der Waals surface area contributed by atoms with Gasteiger partial charge in [0.2, 0.25) is 0 Å². The number of para-hydroxylation sites is 2. The molecule has 0 aliphatic heterocycles. The molecule has 0 fully saturated rings. The van der Waals surface area contributed by atoms with Crippen molar-refractivity contribution in [2.75, 3.05) is 0 Å². The summed E-state index contributed by atoms with van der Waals surface area (Å²) in [5, 5.41) is 8.83. The van der Waals surface area contributed by atoms with E-state index in [0.29, 0.717) is 16.7 Å². The molecule has 254 valence electrons. The Kier molecular flexibility index (Phi) is 5.96. The van der Waals surface area contributed by atoms with Crippen LogP contribution < -0.4 is 0 Å². The Morgan fingerprint density at radius 3 is 2.00 bits per heavy atom. The maximum absolute atomic E-state index is 8.87. The van der Waals surface area contributed by atoms with Crippen molar-refractivity contribution < 1.29 is 6.85 Å². The second-order valence-corrected chi connectivity index (χ2v) is 14.9. The number of hydrogen-bond donors (Lipinski definition) is 0. The first-order chi connectivity index (χ1) is 28.7. The number of aromatic nitrogens is 2. The van der Waals surface area contributed by atoms with E-state index in [1.807, 2.05) is 59.9 Å². The number of benzene rings is 9. The van der Waals surface area contributed by atoms with Gasteiger partial charge in [0.25, 0.3) is 0 Å². The second-order valence-electron chi connectivity index (χ2n) is 13.8. The van der Waals surface area contributed by atoms with Crippen LogP contribution in [0.4, 0.5) is 0 Å². The Balaban J connectivity index is 1.23. The van der Waals surface area contributed by atoms with Gasteiger partial charge in [-0.1, -0.05) is 140 Å². The summed E-state index contributed by atoms with van der Waals surface area (Å²) >= 11 is 1.82. The van der Waals surface area contributed by atoms with E-state index in [4.69, 9.17) is 6.85 Å². The highest BCUT2D eigenvalue weighted by Gasteiger charge is 2.21. The lowest BCUT2D eigenvalue weighted by molar-refractivity contribution is 0.913. The standard InChI is InChI=1S/C51H34N2S/c1-2-49-52-44-21-11-12-22-46(44)53(49)45-28-27-40(35-16-6-7-17-36(35)45)51-39-20-9-8-19-38(39)50(43-30-33(24-26-41(43)51)32-14-4-3-5-15-32)34-25-29-48-42(31-34)37-18-10-13-23-47(37)54-48/h3-31H,2H2,1H3/i1D3,2D2. The van der Waals surface area contributed by atoms with Crippen molar-refractivity contribution in [2.24, 2.45) is 0 Å². The van der Waals surface area contributed by atoms with E-state index in [1.165, 1.54) is 25.7 Å². The van der Waals surface area contributed by atoms with Crippen LogP contribution in [0.2, 0.25) is 0 Å².